The molecule has 3 aliphatic rings. The number of carbonyl (C=O) groups excluding carboxylic acids is 12. The van der Waals surface area contributed by atoms with Crippen LogP contribution in [-0.4, -0.2) is 297 Å². The Bertz CT molecular complexity index is 2770. The number of hydroxylamine groups is 4. The van der Waals surface area contributed by atoms with E-state index in [1.165, 1.54) is 102 Å². The third-order valence-corrected chi connectivity index (χ3v) is 19.6. The van der Waals surface area contributed by atoms with Crippen molar-refractivity contribution in [1.82, 2.24) is 65.7 Å². The second-order valence-electron chi connectivity index (χ2n) is 29.8. The summed E-state index contributed by atoms with van der Waals surface area (Å²) in [6.45, 7) is 31.5. The zero-order chi connectivity index (χ0) is 76.8. The molecule has 0 aromatic rings. The molecule has 0 unspecified atom stereocenters. The van der Waals surface area contributed by atoms with E-state index in [2.05, 4.69) is 26.2 Å². The van der Waals surface area contributed by atoms with Crippen molar-refractivity contribution in [2.75, 3.05) is 103 Å². The quantitative estimate of drug-likeness (QED) is 0.0842. The van der Waals surface area contributed by atoms with Crippen LogP contribution in [0, 0.1) is 35.5 Å². The second-order valence-corrected chi connectivity index (χ2v) is 29.8. The molecule has 0 saturated carbocycles. The van der Waals surface area contributed by atoms with Gasteiger partial charge in [-0.15, -0.1) is 0 Å². The summed E-state index contributed by atoms with van der Waals surface area (Å²) in [4.78, 5) is 197. The van der Waals surface area contributed by atoms with Gasteiger partial charge in [0, 0.05) is 69.0 Å². The number of ether oxygens (including phenoxy) is 3. The van der Waals surface area contributed by atoms with Gasteiger partial charge >= 0.3 is 6.09 Å². The number of carbonyl (C=O) groups is 12. The summed E-state index contributed by atoms with van der Waals surface area (Å²) < 4.78 is 17.2. The highest BCUT2D eigenvalue weighted by molar-refractivity contribution is 6.00. The Morgan fingerprint density at radius 3 is 1.58 bits per heavy atom. The highest BCUT2D eigenvalue weighted by Gasteiger charge is 2.55. The van der Waals surface area contributed by atoms with Crippen molar-refractivity contribution in [2.24, 2.45) is 35.5 Å². The van der Waals surface area contributed by atoms with E-state index in [1.807, 2.05) is 48.5 Å². The van der Waals surface area contributed by atoms with Crippen LogP contribution in [0.15, 0.2) is 0 Å². The van der Waals surface area contributed by atoms with Crippen LogP contribution in [-0.2, 0) is 76.6 Å². The maximum absolute atomic E-state index is 15.3. The zero-order valence-corrected chi connectivity index (χ0v) is 65.2. The lowest BCUT2D eigenvalue weighted by Gasteiger charge is -2.50. The molecule has 3 rings (SSSR count). The summed E-state index contributed by atoms with van der Waals surface area (Å²) in [6.07, 6.45) is 0.484. The minimum absolute atomic E-state index is 0.00889. The van der Waals surface area contributed by atoms with E-state index in [0.29, 0.717) is 38.9 Å². The maximum atomic E-state index is 15.3. The van der Waals surface area contributed by atoms with Gasteiger partial charge in [-0.05, 0) is 128 Å². The number of hydrogen-bond acceptors (Lipinski definition) is 18. The predicted molar refractivity (Wildman–Crippen MR) is 379 cm³/mol. The van der Waals surface area contributed by atoms with Crippen LogP contribution < -0.4 is 21.3 Å². The van der Waals surface area contributed by atoms with Gasteiger partial charge in [-0.1, -0.05) is 83.1 Å². The van der Waals surface area contributed by atoms with E-state index in [4.69, 9.17) is 23.9 Å². The molecule has 3 heterocycles. The van der Waals surface area contributed by atoms with Crippen molar-refractivity contribution >= 4 is 71.1 Å². The average Bonchev–Trinajstić information content (AvgIpc) is 0.754. The van der Waals surface area contributed by atoms with E-state index in [1.54, 1.807) is 41.5 Å². The molecule has 3 aliphatic heterocycles. The molecule has 0 radical (unpaired) electrons. The van der Waals surface area contributed by atoms with Crippen LogP contribution in [0.3, 0.4) is 0 Å². The first-order valence-corrected chi connectivity index (χ1v) is 36.4. The number of hydrogen-bond donors (Lipinski definition) is 4. The molecule has 14 atom stereocenters. The fraction of sp³-hybridized carbons (Fsp3) is 0.831. The van der Waals surface area contributed by atoms with Crippen LogP contribution in [0.5, 0.6) is 0 Å². The fourth-order valence-electron chi connectivity index (χ4n) is 13.0. The molecular formula is C71H127N13O17. The van der Waals surface area contributed by atoms with Crippen molar-refractivity contribution in [3.8, 4) is 0 Å². The van der Waals surface area contributed by atoms with Crippen LogP contribution in [0.2, 0.25) is 0 Å². The monoisotopic (exact) mass is 1430 g/mol. The lowest BCUT2D eigenvalue weighted by atomic mass is 9.88. The van der Waals surface area contributed by atoms with E-state index >= 15 is 28.8 Å². The number of rotatable bonds is 23. The maximum Gasteiger partial charge on any atom is 0.433 e. The second kappa shape index (κ2) is 41.5. The standard InChI is InChI=1S/C71H127N13O17/c1-25-51-66(91)76(17)49(15)65(90)81(22)57(50(16)99-34-29-27-31-83-32-36-98-37-33-83)62(87)75-55(44(8)9)69(94)77(18)52(38-41(2)3)61(86)72-47(13)60(85)73-48(14)64(89)78(19)53(39-42(4)5)67(92)79(20)54(40-43(6)7)68(93)80(21)56(45(10)11)70(95)84-58(63(88)74-51)59(101-84)46(12)30-26-28-35-100-71(96)82(23)97-24/h41-59H,25-40H2,1-24H3,(H,72,86)(H,73,85)(H,74,88)(H,75,87)/t46-,47+,48-,49-,50-,51+,52+,53+,54+,55+,56+,57+,58+,59-/m1/s1. The first-order valence-electron chi connectivity index (χ1n) is 36.4. The molecule has 3 fully saturated rings. The largest absolute Gasteiger partial charge is 0.448 e. The topological polar surface area (TPSA) is 328 Å². The van der Waals surface area contributed by atoms with E-state index in [-0.39, 0.29) is 56.7 Å². The summed E-state index contributed by atoms with van der Waals surface area (Å²) >= 11 is 0. The van der Waals surface area contributed by atoms with Crippen molar-refractivity contribution in [3.05, 3.63) is 0 Å². The fourth-order valence-corrected chi connectivity index (χ4v) is 13.0. The average molecular weight is 1430 g/mol. The summed E-state index contributed by atoms with van der Waals surface area (Å²) in [5.74, 6) is -9.82. The molecule has 30 heteroatoms. The Kier molecular flexibility index (Phi) is 36.4. The van der Waals surface area contributed by atoms with Gasteiger partial charge in [-0.2, -0.15) is 5.06 Å². The minimum atomic E-state index is -1.41. The molecule has 12 amide bonds. The first-order chi connectivity index (χ1) is 47.2. The van der Waals surface area contributed by atoms with Crippen molar-refractivity contribution in [1.29, 1.82) is 0 Å². The van der Waals surface area contributed by atoms with Gasteiger partial charge in [0.1, 0.15) is 66.5 Å². The van der Waals surface area contributed by atoms with Gasteiger partial charge in [0.05, 0.1) is 33.0 Å². The Morgan fingerprint density at radius 2 is 1.05 bits per heavy atom. The molecule has 0 aromatic carbocycles. The highest BCUT2D eigenvalue weighted by atomic mass is 16.7. The number of unbranched alkanes of at least 4 members (excludes halogenated alkanes) is 2. The van der Waals surface area contributed by atoms with Crippen molar-refractivity contribution in [2.45, 2.75) is 247 Å². The molecule has 101 heavy (non-hydrogen) atoms. The summed E-state index contributed by atoms with van der Waals surface area (Å²) in [7, 11) is 11.3. The molecule has 578 valence electrons. The Hall–Kier alpha value is -6.76. The van der Waals surface area contributed by atoms with E-state index in [0.717, 1.165) is 41.1 Å². The van der Waals surface area contributed by atoms with Gasteiger partial charge in [0.15, 0.2) is 6.04 Å². The van der Waals surface area contributed by atoms with E-state index < -0.39 is 167 Å². The number of fused-ring (bicyclic) bond motifs is 1. The molecule has 0 bridgehead atoms. The van der Waals surface area contributed by atoms with Crippen molar-refractivity contribution in [3.63, 3.8) is 0 Å². The van der Waals surface area contributed by atoms with E-state index in [9.17, 15) is 28.8 Å². The summed E-state index contributed by atoms with van der Waals surface area (Å²) in [6, 6.07) is -14.0. The molecular weight excluding hydrogens is 1310 g/mol. The Balaban J connectivity index is 2.29. The van der Waals surface area contributed by atoms with Gasteiger partial charge in [-0.3, -0.25) is 67.3 Å². The third-order valence-electron chi connectivity index (χ3n) is 19.6. The molecule has 30 nitrogen and oxygen atoms in total. The zero-order valence-electron chi connectivity index (χ0n) is 65.2. The number of nitrogens with one attached hydrogen (secondary N) is 4. The van der Waals surface area contributed by atoms with Gasteiger partial charge < -0.3 is 64.9 Å². The van der Waals surface area contributed by atoms with Crippen molar-refractivity contribution < 1.29 is 81.4 Å². The minimum Gasteiger partial charge on any atom is -0.448 e. The van der Waals surface area contributed by atoms with Crippen LogP contribution in [0.1, 0.15) is 169 Å². The number of morpholine rings is 1. The SMILES string of the molecule is CC[C@@H]1NC(=O)[C@@H]2[C@@H]([C@H](C)CCCCOC(=O)N(C)OC)ON2C(=O)[C@H](C(C)C)N(C)C(=O)[C@H](CC(C)C)N(C)C(=O)[C@H](CC(C)C)N(C)C(=O)[C@@H](C)NC(=O)[C@H](C)NC(=O)[C@H](CC(C)C)N(C)C(=O)[C@H](C(C)C)NC(=O)[C@H]([C@@H](C)OCCCCN2CCOCC2)N(C)C(=O)[C@@H](C)N(C)C1=O. The lowest BCUT2D eigenvalue weighted by Crippen LogP contribution is -2.72. The molecule has 0 spiro atoms. The van der Waals surface area contributed by atoms with Gasteiger partial charge in [-0.25, -0.2) is 9.86 Å². The number of nitrogens with zero attached hydrogens (tertiary/aromatic N) is 9. The normalized spacial score (nSPS) is 27.3. The molecule has 0 aliphatic carbocycles. The Morgan fingerprint density at radius 1 is 0.535 bits per heavy atom. The first kappa shape index (κ1) is 88.5. The van der Waals surface area contributed by atoms with Crippen LogP contribution >= 0.6 is 0 Å². The van der Waals surface area contributed by atoms with Crippen LogP contribution in [0.25, 0.3) is 0 Å². The summed E-state index contributed by atoms with van der Waals surface area (Å²) in [5, 5.41) is 13.0. The van der Waals surface area contributed by atoms with Gasteiger partial charge in [0.25, 0.3) is 5.91 Å². The highest BCUT2D eigenvalue weighted by Crippen LogP contribution is 2.34. The number of amides is 12. The Labute approximate surface area is 601 Å². The summed E-state index contributed by atoms with van der Waals surface area (Å²) in [5.41, 5.74) is 0. The smallest absolute Gasteiger partial charge is 0.433 e. The predicted octanol–water partition coefficient (Wildman–Crippen LogP) is 3.29. The molecule has 0 aromatic heterocycles. The third kappa shape index (κ3) is 24.7. The van der Waals surface area contributed by atoms with Crippen LogP contribution in [0.4, 0.5) is 4.79 Å². The molecule has 3 saturated heterocycles. The number of likely N-dealkylation sites (N-methyl/N-ethyl adjacent to an activating group) is 6. The van der Waals surface area contributed by atoms with Gasteiger partial charge in [0.2, 0.25) is 59.1 Å². The lowest BCUT2D eigenvalue weighted by molar-refractivity contribution is -0.322. The molecule has 4 N–H and O–H groups in total.